The second-order valence-electron chi connectivity index (χ2n) is 2.51. The Morgan fingerprint density at radius 1 is 1.50 bits per heavy atom. The molecule has 0 spiro atoms. The summed E-state index contributed by atoms with van der Waals surface area (Å²) in [5.74, 6) is 0.426. The van der Waals surface area contributed by atoms with E-state index in [4.69, 9.17) is 4.74 Å². The van der Waals surface area contributed by atoms with E-state index >= 15 is 0 Å². The topological polar surface area (TPSA) is 48.4 Å². The summed E-state index contributed by atoms with van der Waals surface area (Å²) in [6.45, 7) is 0. The number of methoxy groups -OCH3 is 1. The van der Waals surface area contributed by atoms with Crippen molar-refractivity contribution in [3.8, 4) is 5.75 Å². The molecule has 72 valence electrons. The van der Waals surface area contributed by atoms with Crippen molar-refractivity contribution in [2.24, 2.45) is 0 Å². The van der Waals surface area contributed by atoms with Crippen LogP contribution in [0.4, 0.5) is 4.79 Å². The van der Waals surface area contributed by atoms with Crippen molar-refractivity contribution in [1.29, 1.82) is 0 Å². The van der Waals surface area contributed by atoms with Crippen molar-refractivity contribution in [3.63, 3.8) is 0 Å². The number of carbonyl (C=O) groups is 1. The smallest absolute Gasteiger partial charge is 0.437 e. The van der Waals surface area contributed by atoms with E-state index in [9.17, 15) is 4.79 Å². The molecule has 0 bridgehead atoms. The van der Waals surface area contributed by atoms with Crippen LogP contribution in [0.5, 0.6) is 5.75 Å². The lowest BCUT2D eigenvalue weighted by atomic mass is 10.3. The van der Waals surface area contributed by atoms with Crippen LogP contribution in [0.15, 0.2) is 23.7 Å². The van der Waals surface area contributed by atoms with E-state index in [0.717, 1.165) is 4.70 Å². The second kappa shape index (κ2) is 3.63. The summed E-state index contributed by atoms with van der Waals surface area (Å²) < 4.78 is 10.3. The van der Waals surface area contributed by atoms with Crippen molar-refractivity contribution in [1.82, 2.24) is 4.98 Å². The van der Waals surface area contributed by atoms with Crippen LogP contribution in [0.3, 0.4) is 0 Å². The lowest BCUT2D eigenvalue weighted by molar-refractivity contribution is 0.122. The van der Waals surface area contributed by atoms with Crippen molar-refractivity contribution >= 4 is 27.7 Å². The van der Waals surface area contributed by atoms with Gasteiger partial charge in [0.15, 0.2) is 5.75 Å². The number of fused-ring (bicyclic) bond motifs is 1. The minimum Gasteiger partial charge on any atom is -0.437 e. The number of thiazole rings is 1. The van der Waals surface area contributed by atoms with E-state index < -0.39 is 6.16 Å². The van der Waals surface area contributed by atoms with Crippen molar-refractivity contribution < 1.29 is 14.3 Å². The van der Waals surface area contributed by atoms with Gasteiger partial charge in [-0.1, -0.05) is 6.07 Å². The molecule has 2 rings (SSSR count). The van der Waals surface area contributed by atoms with Gasteiger partial charge in [-0.15, -0.1) is 11.3 Å². The molecule has 4 nitrogen and oxygen atoms in total. The number of para-hydroxylation sites is 1. The predicted molar refractivity (Wildman–Crippen MR) is 52.7 cm³/mol. The maximum atomic E-state index is 10.9. The lowest BCUT2D eigenvalue weighted by Gasteiger charge is -2.01. The van der Waals surface area contributed by atoms with Gasteiger partial charge in [-0.25, -0.2) is 9.78 Å². The number of rotatable bonds is 1. The summed E-state index contributed by atoms with van der Waals surface area (Å²) in [5, 5.41) is 0. The third-order valence-electron chi connectivity index (χ3n) is 1.68. The molecule has 5 heteroatoms. The number of ether oxygens (including phenoxy) is 2. The van der Waals surface area contributed by atoms with E-state index in [0.29, 0.717) is 11.3 Å². The van der Waals surface area contributed by atoms with E-state index in [-0.39, 0.29) is 0 Å². The van der Waals surface area contributed by atoms with Crippen LogP contribution in [-0.4, -0.2) is 18.2 Å². The van der Waals surface area contributed by atoms with Crippen molar-refractivity contribution in [2.75, 3.05) is 7.11 Å². The summed E-state index contributed by atoms with van der Waals surface area (Å²) in [6, 6.07) is 5.40. The Hall–Kier alpha value is -1.62. The Morgan fingerprint density at radius 2 is 2.36 bits per heavy atom. The minimum atomic E-state index is -0.731. The summed E-state index contributed by atoms with van der Waals surface area (Å²) in [5.41, 5.74) is 2.39. The number of aromatic nitrogens is 1. The number of carbonyl (C=O) groups excluding carboxylic acids is 1. The Morgan fingerprint density at radius 3 is 3.14 bits per heavy atom. The normalized spacial score (nSPS) is 10.1. The van der Waals surface area contributed by atoms with Gasteiger partial charge in [0.25, 0.3) is 0 Å². The maximum Gasteiger partial charge on any atom is 0.513 e. The zero-order chi connectivity index (χ0) is 9.97. The van der Waals surface area contributed by atoms with E-state index in [1.54, 1.807) is 17.6 Å². The van der Waals surface area contributed by atoms with Crippen LogP contribution in [0.25, 0.3) is 10.2 Å². The third-order valence-corrected chi connectivity index (χ3v) is 2.48. The molecule has 0 fully saturated rings. The Kier molecular flexibility index (Phi) is 2.32. The molecular formula is C9H7NO3S. The van der Waals surface area contributed by atoms with Gasteiger partial charge in [-0.2, -0.15) is 0 Å². The van der Waals surface area contributed by atoms with Crippen LogP contribution >= 0.6 is 11.3 Å². The molecule has 0 aliphatic carbocycles. The number of hydrogen-bond donors (Lipinski definition) is 0. The molecular weight excluding hydrogens is 202 g/mol. The van der Waals surface area contributed by atoms with Gasteiger partial charge in [-0.05, 0) is 12.1 Å². The molecule has 0 saturated heterocycles. The molecule has 0 unspecified atom stereocenters. The van der Waals surface area contributed by atoms with Crippen molar-refractivity contribution in [2.45, 2.75) is 0 Å². The van der Waals surface area contributed by atoms with Gasteiger partial charge in [0.1, 0.15) is 5.52 Å². The van der Waals surface area contributed by atoms with Crippen LogP contribution in [0.2, 0.25) is 0 Å². The first kappa shape index (κ1) is 8.96. The fraction of sp³-hybridized carbons (Fsp3) is 0.111. The monoisotopic (exact) mass is 209 g/mol. The first-order valence-corrected chi connectivity index (χ1v) is 4.77. The first-order valence-electron chi connectivity index (χ1n) is 3.89. The average Bonchev–Trinajstić information content (AvgIpc) is 2.66. The highest BCUT2D eigenvalue weighted by Gasteiger charge is 2.08. The molecule has 1 heterocycles. The molecule has 0 aliphatic heterocycles. The highest BCUT2D eigenvalue weighted by molar-refractivity contribution is 7.16. The van der Waals surface area contributed by atoms with Gasteiger partial charge in [-0.3, -0.25) is 0 Å². The van der Waals surface area contributed by atoms with Gasteiger partial charge in [0, 0.05) is 0 Å². The van der Waals surface area contributed by atoms with Crippen molar-refractivity contribution in [3.05, 3.63) is 23.7 Å². The molecule has 0 amide bonds. The van der Waals surface area contributed by atoms with Gasteiger partial charge < -0.3 is 9.47 Å². The SMILES string of the molecule is COC(=O)Oc1cccc2scnc12. The summed E-state index contributed by atoms with van der Waals surface area (Å²) in [4.78, 5) is 15.0. The highest BCUT2D eigenvalue weighted by Crippen LogP contribution is 2.26. The van der Waals surface area contributed by atoms with E-state index in [2.05, 4.69) is 9.72 Å². The Balaban J connectivity index is 2.41. The molecule has 14 heavy (non-hydrogen) atoms. The second-order valence-corrected chi connectivity index (χ2v) is 3.40. The first-order chi connectivity index (χ1) is 6.81. The highest BCUT2D eigenvalue weighted by atomic mass is 32.1. The number of hydrogen-bond acceptors (Lipinski definition) is 5. The zero-order valence-electron chi connectivity index (χ0n) is 7.39. The molecule has 0 radical (unpaired) electrons. The molecule has 1 aromatic carbocycles. The predicted octanol–water partition coefficient (Wildman–Crippen LogP) is 2.44. The third kappa shape index (κ3) is 1.54. The quantitative estimate of drug-likeness (QED) is 0.534. The summed E-state index contributed by atoms with van der Waals surface area (Å²) in [6.07, 6.45) is -0.731. The van der Waals surface area contributed by atoms with Crippen LogP contribution in [0.1, 0.15) is 0 Å². The summed E-state index contributed by atoms with van der Waals surface area (Å²) >= 11 is 1.49. The molecule has 0 aliphatic rings. The number of benzene rings is 1. The lowest BCUT2D eigenvalue weighted by Crippen LogP contribution is -2.07. The fourth-order valence-electron chi connectivity index (χ4n) is 1.07. The Bertz CT molecular complexity index is 466. The average molecular weight is 209 g/mol. The van der Waals surface area contributed by atoms with Crippen LogP contribution in [0, 0.1) is 0 Å². The fourth-order valence-corrected chi connectivity index (χ4v) is 1.77. The van der Waals surface area contributed by atoms with Gasteiger partial charge >= 0.3 is 6.16 Å². The van der Waals surface area contributed by atoms with Crippen LogP contribution in [-0.2, 0) is 4.74 Å². The molecule has 0 atom stereocenters. The zero-order valence-corrected chi connectivity index (χ0v) is 8.21. The molecule has 1 aromatic heterocycles. The van der Waals surface area contributed by atoms with E-state index in [1.165, 1.54) is 18.4 Å². The Labute approximate surface area is 84.1 Å². The minimum absolute atomic E-state index is 0.426. The summed E-state index contributed by atoms with van der Waals surface area (Å²) in [7, 11) is 1.27. The number of nitrogens with zero attached hydrogens (tertiary/aromatic N) is 1. The maximum absolute atomic E-state index is 10.9. The molecule has 2 aromatic rings. The van der Waals surface area contributed by atoms with Gasteiger partial charge in [0.05, 0.1) is 17.3 Å². The molecule has 0 saturated carbocycles. The standard InChI is InChI=1S/C9H7NO3S/c1-12-9(11)13-6-3-2-4-7-8(6)10-5-14-7/h2-5H,1H3. The largest absolute Gasteiger partial charge is 0.513 e. The van der Waals surface area contributed by atoms with Crippen LogP contribution < -0.4 is 4.74 Å². The van der Waals surface area contributed by atoms with Gasteiger partial charge in [0.2, 0.25) is 0 Å². The molecule has 0 N–H and O–H groups in total. The van der Waals surface area contributed by atoms with E-state index in [1.807, 2.05) is 6.07 Å².